The van der Waals surface area contributed by atoms with Gasteiger partial charge in [-0.3, -0.25) is 4.79 Å². The van der Waals surface area contributed by atoms with E-state index in [9.17, 15) is 4.79 Å². The summed E-state index contributed by atoms with van der Waals surface area (Å²) in [6.07, 6.45) is 1.64. The van der Waals surface area contributed by atoms with Gasteiger partial charge in [0.25, 0.3) is 0 Å². The number of aromatic nitrogens is 1. The standard InChI is InChI=1S/C13H20BNO4/c1-12(2)13(3,4)19-14(18-12)10-6-9(8-17-5)7-15-11(10)16/h6-7H,8H2,1-5H3,(H,15,16). The molecule has 1 aliphatic rings. The van der Waals surface area contributed by atoms with E-state index in [1.165, 1.54) is 0 Å². The van der Waals surface area contributed by atoms with E-state index in [4.69, 9.17) is 14.0 Å². The highest BCUT2D eigenvalue weighted by Crippen LogP contribution is 2.36. The Hall–Kier alpha value is -1.11. The quantitative estimate of drug-likeness (QED) is 0.822. The molecule has 0 atom stereocenters. The predicted molar refractivity (Wildman–Crippen MR) is 73.5 cm³/mol. The number of H-pyrrole nitrogens is 1. The van der Waals surface area contributed by atoms with Crippen molar-refractivity contribution < 1.29 is 14.0 Å². The van der Waals surface area contributed by atoms with Gasteiger partial charge in [0.05, 0.1) is 17.8 Å². The predicted octanol–water partition coefficient (Wildman–Crippen LogP) is 0.820. The van der Waals surface area contributed by atoms with Gasteiger partial charge in [0.2, 0.25) is 5.56 Å². The van der Waals surface area contributed by atoms with Gasteiger partial charge in [-0.15, -0.1) is 0 Å². The second-order valence-corrected chi connectivity index (χ2v) is 5.81. The molecule has 0 saturated carbocycles. The van der Waals surface area contributed by atoms with Crippen LogP contribution in [0.2, 0.25) is 0 Å². The lowest BCUT2D eigenvalue weighted by Crippen LogP contribution is -2.44. The molecule has 19 heavy (non-hydrogen) atoms. The normalized spacial score (nSPS) is 20.8. The molecule has 1 N–H and O–H groups in total. The number of nitrogens with one attached hydrogen (secondary N) is 1. The summed E-state index contributed by atoms with van der Waals surface area (Å²) in [5.41, 5.74) is 0.251. The molecule has 0 unspecified atom stereocenters. The van der Waals surface area contributed by atoms with Crippen molar-refractivity contribution in [1.29, 1.82) is 0 Å². The Labute approximate surface area is 113 Å². The molecular formula is C13H20BNO4. The largest absolute Gasteiger partial charge is 0.500 e. The van der Waals surface area contributed by atoms with Gasteiger partial charge in [0.15, 0.2) is 0 Å². The van der Waals surface area contributed by atoms with Crippen LogP contribution in [0.4, 0.5) is 0 Å². The molecule has 0 aromatic carbocycles. The van der Waals surface area contributed by atoms with Gasteiger partial charge >= 0.3 is 7.12 Å². The van der Waals surface area contributed by atoms with Crippen molar-refractivity contribution in [1.82, 2.24) is 4.98 Å². The van der Waals surface area contributed by atoms with E-state index in [2.05, 4.69) is 4.98 Å². The highest BCUT2D eigenvalue weighted by atomic mass is 16.7. The fraction of sp³-hybridized carbons (Fsp3) is 0.615. The Morgan fingerprint density at radius 3 is 2.37 bits per heavy atom. The molecule has 1 saturated heterocycles. The van der Waals surface area contributed by atoms with Gasteiger partial charge in [-0.1, -0.05) is 0 Å². The molecule has 0 spiro atoms. The summed E-state index contributed by atoms with van der Waals surface area (Å²) in [5, 5.41) is 0. The van der Waals surface area contributed by atoms with E-state index in [-0.39, 0.29) is 5.56 Å². The Kier molecular flexibility index (Phi) is 3.60. The molecule has 0 radical (unpaired) electrons. The number of hydrogen-bond donors (Lipinski definition) is 1. The minimum atomic E-state index is -0.648. The van der Waals surface area contributed by atoms with Crippen molar-refractivity contribution in [2.24, 2.45) is 0 Å². The van der Waals surface area contributed by atoms with Crippen LogP contribution in [0, 0.1) is 0 Å². The van der Waals surface area contributed by atoms with Crippen LogP contribution < -0.4 is 11.0 Å². The number of hydrogen-bond acceptors (Lipinski definition) is 4. The van der Waals surface area contributed by atoms with Crippen LogP contribution in [-0.4, -0.2) is 30.4 Å². The first kappa shape index (κ1) is 14.3. The highest BCUT2D eigenvalue weighted by Gasteiger charge is 2.52. The van der Waals surface area contributed by atoms with Crippen molar-refractivity contribution in [3.8, 4) is 0 Å². The molecule has 104 valence electrons. The maximum absolute atomic E-state index is 11.9. The molecule has 6 heteroatoms. The first-order chi connectivity index (χ1) is 8.77. The van der Waals surface area contributed by atoms with E-state index in [0.29, 0.717) is 12.1 Å². The van der Waals surface area contributed by atoms with Crippen LogP contribution in [0.25, 0.3) is 0 Å². The van der Waals surface area contributed by atoms with Crippen molar-refractivity contribution in [3.05, 3.63) is 28.2 Å². The Morgan fingerprint density at radius 2 is 1.84 bits per heavy atom. The summed E-state index contributed by atoms with van der Waals surface area (Å²) in [5.74, 6) is 0. The van der Waals surface area contributed by atoms with Gasteiger partial charge in [-0.25, -0.2) is 0 Å². The lowest BCUT2D eigenvalue weighted by Gasteiger charge is -2.32. The topological polar surface area (TPSA) is 60.6 Å². The first-order valence-electron chi connectivity index (χ1n) is 6.33. The summed E-state index contributed by atoms with van der Waals surface area (Å²) in [4.78, 5) is 14.6. The SMILES string of the molecule is COCc1c[nH]c(=O)c(B2OC(C)(C)C(C)(C)O2)c1. The minimum Gasteiger partial charge on any atom is -0.399 e. The molecule has 1 aliphatic heterocycles. The van der Waals surface area contributed by atoms with Crippen molar-refractivity contribution >= 4 is 12.6 Å². The molecule has 0 amide bonds. The van der Waals surface area contributed by atoms with Gasteiger partial charge in [-0.2, -0.15) is 0 Å². The third kappa shape index (κ3) is 2.61. The molecule has 5 nitrogen and oxygen atoms in total. The van der Waals surface area contributed by atoms with Crippen LogP contribution in [-0.2, 0) is 20.7 Å². The van der Waals surface area contributed by atoms with Crippen LogP contribution >= 0.6 is 0 Å². The number of rotatable bonds is 3. The second kappa shape index (κ2) is 4.78. The molecule has 1 aromatic heterocycles. The number of pyridine rings is 1. The number of methoxy groups -OCH3 is 1. The molecule has 1 aromatic rings. The van der Waals surface area contributed by atoms with E-state index >= 15 is 0 Å². The molecular weight excluding hydrogens is 245 g/mol. The van der Waals surface area contributed by atoms with E-state index < -0.39 is 18.3 Å². The van der Waals surface area contributed by atoms with Gasteiger partial charge in [0.1, 0.15) is 0 Å². The smallest absolute Gasteiger partial charge is 0.399 e. The van der Waals surface area contributed by atoms with Crippen molar-refractivity contribution in [2.45, 2.75) is 45.5 Å². The fourth-order valence-corrected chi connectivity index (χ4v) is 1.94. The van der Waals surface area contributed by atoms with E-state index in [1.807, 2.05) is 27.7 Å². The minimum absolute atomic E-state index is 0.196. The summed E-state index contributed by atoms with van der Waals surface area (Å²) < 4.78 is 16.8. The van der Waals surface area contributed by atoms with Crippen LogP contribution in [0.5, 0.6) is 0 Å². The Balaban J connectivity index is 2.33. The summed E-state index contributed by atoms with van der Waals surface area (Å²) in [7, 11) is 0.963. The van der Waals surface area contributed by atoms with Gasteiger partial charge in [0, 0.05) is 18.8 Å². The van der Waals surface area contributed by atoms with Gasteiger partial charge < -0.3 is 19.0 Å². The van der Waals surface area contributed by atoms with Crippen LogP contribution in [0.15, 0.2) is 17.1 Å². The zero-order chi connectivity index (χ0) is 14.3. The van der Waals surface area contributed by atoms with E-state index in [0.717, 1.165) is 5.56 Å². The maximum Gasteiger partial charge on any atom is 0.500 e. The van der Waals surface area contributed by atoms with Crippen molar-refractivity contribution in [3.63, 3.8) is 0 Å². The molecule has 0 aliphatic carbocycles. The Morgan fingerprint density at radius 1 is 1.26 bits per heavy atom. The second-order valence-electron chi connectivity index (χ2n) is 5.81. The highest BCUT2D eigenvalue weighted by molar-refractivity contribution is 6.61. The fourth-order valence-electron chi connectivity index (χ4n) is 1.94. The molecule has 0 bridgehead atoms. The average molecular weight is 265 g/mol. The third-order valence-electron chi connectivity index (χ3n) is 3.81. The summed E-state index contributed by atoms with van der Waals surface area (Å²) in [6.45, 7) is 8.27. The average Bonchev–Trinajstić information content (AvgIpc) is 2.51. The van der Waals surface area contributed by atoms with Crippen molar-refractivity contribution in [2.75, 3.05) is 7.11 Å². The summed E-state index contributed by atoms with van der Waals surface area (Å²) in [6, 6.07) is 1.77. The third-order valence-corrected chi connectivity index (χ3v) is 3.81. The maximum atomic E-state index is 11.9. The summed E-state index contributed by atoms with van der Waals surface area (Å²) >= 11 is 0. The first-order valence-corrected chi connectivity index (χ1v) is 6.33. The van der Waals surface area contributed by atoms with Crippen LogP contribution in [0.1, 0.15) is 33.3 Å². The van der Waals surface area contributed by atoms with E-state index in [1.54, 1.807) is 19.4 Å². The molecule has 2 rings (SSSR count). The van der Waals surface area contributed by atoms with Crippen LogP contribution in [0.3, 0.4) is 0 Å². The number of ether oxygens (including phenoxy) is 1. The molecule has 1 fully saturated rings. The number of aromatic amines is 1. The lowest BCUT2D eigenvalue weighted by atomic mass is 9.79. The Bertz CT molecular complexity index is 508. The zero-order valence-electron chi connectivity index (χ0n) is 12.1. The monoisotopic (exact) mass is 265 g/mol. The molecule has 2 heterocycles. The zero-order valence-corrected chi connectivity index (χ0v) is 12.1. The van der Waals surface area contributed by atoms with Gasteiger partial charge in [-0.05, 0) is 39.3 Å². The lowest BCUT2D eigenvalue weighted by molar-refractivity contribution is 0.00578.